The molecule has 70 valence electrons. The molecule has 2 fully saturated rings. The minimum atomic E-state index is 0.606. The molecule has 1 saturated carbocycles. The number of fused-ring (bicyclic) bond motifs is 1. The third kappa shape index (κ3) is 1.99. The molecule has 0 spiro atoms. The summed E-state index contributed by atoms with van der Waals surface area (Å²) in [6.07, 6.45) is 6.20. The van der Waals surface area contributed by atoms with Crippen molar-refractivity contribution in [1.82, 2.24) is 0 Å². The number of hydrogen-bond donors (Lipinski definition) is 0. The summed E-state index contributed by atoms with van der Waals surface area (Å²) in [4.78, 5) is 0. The maximum Gasteiger partial charge on any atom is 0.0845 e. The Hall–Kier alpha value is -0.0800. The van der Waals surface area contributed by atoms with Gasteiger partial charge in [-0.3, -0.25) is 0 Å². The first kappa shape index (κ1) is 8.52. The van der Waals surface area contributed by atoms with Gasteiger partial charge in [0.2, 0.25) is 0 Å². The highest BCUT2D eigenvalue weighted by Crippen LogP contribution is 2.39. The summed E-state index contributed by atoms with van der Waals surface area (Å²) in [6.45, 7) is 4.03. The first-order valence-electron chi connectivity index (χ1n) is 5.13. The van der Waals surface area contributed by atoms with Crippen LogP contribution in [0, 0.1) is 5.92 Å². The van der Waals surface area contributed by atoms with Gasteiger partial charge in [0.1, 0.15) is 0 Å². The van der Waals surface area contributed by atoms with Gasteiger partial charge in [0.25, 0.3) is 0 Å². The van der Waals surface area contributed by atoms with E-state index < -0.39 is 0 Å². The van der Waals surface area contributed by atoms with E-state index in [1.165, 1.54) is 19.3 Å². The summed E-state index contributed by atoms with van der Waals surface area (Å²) < 4.78 is 11.0. The molecule has 2 nitrogen and oxygen atoms in total. The zero-order valence-corrected chi connectivity index (χ0v) is 7.79. The maximum absolute atomic E-state index is 5.53. The lowest BCUT2D eigenvalue weighted by molar-refractivity contribution is 0.0886. The average Bonchev–Trinajstić information content (AvgIpc) is 2.83. The maximum atomic E-state index is 5.53. The highest BCUT2D eigenvalue weighted by Gasteiger charge is 2.43. The van der Waals surface area contributed by atoms with Crippen molar-refractivity contribution >= 4 is 0 Å². The number of rotatable bonds is 4. The van der Waals surface area contributed by atoms with Gasteiger partial charge in [-0.25, -0.2) is 0 Å². The van der Waals surface area contributed by atoms with Crippen LogP contribution in [0.1, 0.15) is 32.6 Å². The third-order valence-electron chi connectivity index (χ3n) is 2.81. The molecule has 0 aromatic carbocycles. The molecule has 0 radical (unpaired) electrons. The van der Waals surface area contributed by atoms with Gasteiger partial charge in [-0.15, -0.1) is 0 Å². The monoisotopic (exact) mass is 170 g/mol. The molecule has 0 aromatic heterocycles. The molecule has 3 unspecified atom stereocenters. The lowest BCUT2D eigenvalue weighted by Crippen LogP contribution is -2.18. The predicted molar refractivity (Wildman–Crippen MR) is 47.1 cm³/mol. The smallest absolute Gasteiger partial charge is 0.0845 e. The van der Waals surface area contributed by atoms with Crippen molar-refractivity contribution in [2.24, 2.45) is 5.92 Å². The van der Waals surface area contributed by atoms with E-state index in [2.05, 4.69) is 6.92 Å². The first-order valence-corrected chi connectivity index (χ1v) is 5.13. The van der Waals surface area contributed by atoms with Crippen LogP contribution in [0.5, 0.6) is 0 Å². The molecule has 1 heterocycles. The van der Waals surface area contributed by atoms with Crippen molar-refractivity contribution in [2.75, 3.05) is 13.2 Å². The van der Waals surface area contributed by atoms with Crippen LogP contribution in [0.3, 0.4) is 0 Å². The van der Waals surface area contributed by atoms with Crippen molar-refractivity contribution in [1.29, 1.82) is 0 Å². The van der Waals surface area contributed by atoms with Crippen LogP contribution in [0.25, 0.3) is 0 Å². The molecule has 12 heavy (non-hydrogen) atoms. The minimum Gasteiger partial charge on any atom is -0.381 e. The van der Waals surface area contributed by atoms with Gasteiger partial charge in [0, 0.05) is 13.2 Å². The molecular formula is C10H18O2. The second kappa shape index (κ2) is 3.75. The number of ether oxygens (including phenoxy) is 2. The highest BCUT2D eigenvalue weighted by atomic mass is 16.6. The molecule has 1 aliphatic heterocycles. The molecule has 1 saturated heterocycles. The van der Waals surface area contributed by atoms with Gasteiger partial charge in [-0.2, -0.15) is 0 Å². The average molecular weight is 170 g/mol. The zero-order valence-electron chi connectivity index (χ0n) is 7.79. The molecular weight excluding hydrogens is 152 g/mol. The summed E-state index contributed by atoms with van der Waals surface area (Å²) in [5, 5.41) is 0. The van der Waals surface area contributed by atoms with E-state index in [1.807, 2.05) is 0 Å². The summed E-state index contributed by atoms with van der Waals surface area (Å²) in [5.74, 6) is 0.778. The Morgan fingerprint density at radius 3 is 3.00 bits per heavy atom. The molecule has 2 rings (SSSR count). The van der Waals surface area contributed by atoms with Crippen LogP contribution in [0.2, 0.25) is 0 Å². The van der Waals surface area contributed by atoms with Gasteiger partial charge >= 0.3 is 0 Å². The quantitative estimate of drug-likeness (QED) is 0.475. The standard InChI is InChI=1S/C10H18O2/c1-2-5-11-7-8-3-4-9-10(6-8)12-9/h8-10H,2-7H2,1H3. The lowest BCUT2D eigenvalue weighted by atomic mass is 9.90. The fourth-order valence-corrected chi connectivity index (χ4v) is 2.03. The SMILES string of the molecule is CCCOCC1CCC2OC2C1. The Morgan fingerprint density at radius 2 is 2.25 bits per heavy atom. The fourth-order valence-electron chi connectivity index (χ4n) is 2.03. The van der Waals surface area contributed by atoms with Gasteiger partial charge in [0.05, 0.1) is 12.2 Å². The van der Waals surface area contributed by atoms with Gasteiger partial charge in [-0.05, 0) is 31.6 Å². The second-order valence-electron chi connectivity index (χ2n) is 3.97. The molecule has 0 aromatic rings. The predicted octanol–water partition coefficient (Wildman–Crippen LogP) is 1.98. The van der Waals surface area contributed by atoms with Crippen molar-refractivity contribution in [3.63, 3.8) is 0 Å². The Kier molecular flexibility index (Phi) is 2.66. The van der Waals surface area contributed by atoms with E-state index in [-0.39, 0.29) is 0 Å². The van der Waals surface area contributed by atoms with E-state index in [1.54, 1.807) is 0 Å². The van der Waals surface area contributed by atoms with Crippen LogP contribution < -0.4 is 0 Å². The van der Waals surface area contributed by atoms with Crippen molar-refractivity contribution in [2.45, 2.75) is 44.8 Å². The van der Waals surface area contributed by atoms with Gasteiger partial charge in [-0.1, -0.05) is 6.92 Å². The van der Waals surface area contributed by atoms with Crippen molar-refractivity contribution in [3.05, 3.63) is 0 Å². The topological polar surface area (TPSA) is 21.8 Å². The Morgan fingerprint density at radius 1 is 1.33 bits per heavy atom. The van der Waals surface area contributed by atoms with E-state index in [9.17, 15) is 0 Å². The Bertz CT molecular complexity index is 147. The largest absolute Gasteiger partial charge is 0.381 e. The summed E-state index contributed by atoms with van der Waals surface area (Å²) in [6, 6.07) is 0. The first-order chi connectivity index (χ1) is 5.90. The van der Waals surface area contributed by atoms with Crippen LogP contribution >= 0.6 is 0 Å². The fraction of sp³-hybridized carbons (Fsp3) is 1.00. The second-order valence-corrected chi connectivity index (χ2v) is 3.97. The van der Waals surface area contributed by atoms with E-state index in [4.69, 9.17) is 9.47 Å². The molecule has 0 bridgehead atoms. The normalized spacial score (nSPS) is 39.2. The van der Waals surface area contributed by atoms with E-state index in [0.717, 1.165) is 25.6 Å². The molecule has 2 aliphatic rings. The lowest BCUT2D eigenvalue weighted by Gasteiger charge is -2.18. The van der Waals surface area contributed by atoms with Crippen molar-refractivity contribution in [3.8, 4) is 0 Å². The van der Waals surface area contributed by atoms with Gasteiger partial charge in [0.15, 0.2) is 0 Å². The van der Waals surface area contributed by atoms with Gasteiger partial charge < -0.3 is 9.47 Å². The molecule has 0 N–H and O–H groups in total. The number of epoxide rings is 1. The van der Waals surface area contributed by atoms with Crippen LogP contribution in [-0.4, -0.2) is 25.4 Å². The Balaban J connectivity index is 1.61. The zero-order chi connectivity index (χ0) is 8.39. The molecule has 3 atom stereocenters. The van der Waals surface area contributed by atoms with Crippen LogP contribution in [0.15, 0.2) is 0 Å². The summed E-state index contributed by atoms with van der Waals surface area (Å²) in [7, 11) is 0. The summed E-state index contributed by atoms with van der Waals surface area (Å²) >= 11 is 0. The van der Waals surface area contributed by atoms with Crippen LogP contribution in [-0.2, 0) is 9.47 Å². The number of hydrogen-bond acceptors (Lipinski definition) is 2. The van der Waals surface area contributed by atoms with E-state index in [0.29, 0.717) is 12.2 Å². The summed E-state index contributed by atoms with van der Waals surface area (Å²) in [5.41, 5.74) is 0. The molecule has 0 amide bonds. The van der Waals surface area contributed by atoms with Crippen LogP contribution in [0.4, 0.5) is 0 Å². The highest BCUT2D eigenvalue weighted by molar-refractivity contribution is 4.91. The molecule has 2 heteroatoms. The molecule has 1 aliphatic carbocycles. The van der Waals surface area contributed by atoms with Crippen molar-refractivity contribution < 1.29 is 9.47 Å². The van der Waals surface area contributed by atoms with E-state index >= 15 is 0 Å². The third-order valence-corrected chi connectivity index (χ3v) is 2.81. The minimum absolute atomic E-state index is 0.606. The Labute approximate surface area is 74.2 Å².